The number of aryl methyl sites for hydroxylation is 1. The number of fused-ring (bicyclic) bond motifs is 1. The van der Waals surface area contributed by atoms with Crippen LogP contribution in [0.3, 0.4) is 0 Å². The predicted octanol–water partition coefficient (Wildman–Crippen LogP) is 2.23. The van der Waals surface area contributed by atoms with Crippen LogP contribution in [0.15, 0.2) is 30.5 Å². The van der Waals surface area contributed by atoms with Crippen LogP contribution in [-0.4, -0.2) is 36.1 Å². The minimum atomic E-state index is -0.623. The van der Waals surface area contributed by atoms with Gasteiger partial charge in [-0.1, -0.05) is 25.1 Å². The largest absolute Gasteiger partial charge is 0.340 e. The van der Waals surface area contributed by atoms with E-state index in [0.29, 0.717) is 5.69 Å². The number of nitrogens with one attached hydrogen (secondary N) is 2. The van der Waals surface area contributed by atoms with Gasteiger partial charge in [0.1, 0.15) is 17.6 Å². The van der Waals surface area contributed by atoms with Crippen molar-refractivity contribution in [2.24, 2.45) is 5.92 Å². The molecule has 2 heterocycles. The number of rotatable bonds is 5. The average Bonchev–Trinajstić information content (AvgIpc) is 3.19. The monoisotopic (exact) mass is 340 g/mol. The number of imidazole rings is 1. The van der Waals surface area contributed by atoms with Gasteiger partial charge in [0, 0.05) is 6.08 Å². The maximum Gasteiger partial charge on any atom is 0.267 e. The topological polar surface area (TPSA) is 109 Å². The van der Waals surface area contributed by atoms with Gasteiger partial charge in [-0.15, -0.1) is 5.10 Å². The molecule has 2 aromatic heterocycles. The Kier molecular flexibility index (Phi) is 4.62. The van der Waals surface area contributed by atoms with Crippen molar-refractivity contribution in [3.8, 4) is 0 Å². The fourth-order valence-corrected chi connectivity index (χ4v) is 2.73. The number of hydroxylamine groups is 1. The molecule has 25 heavy (non-hydrogen) atoms. The van der Waals surface area contributed by atoms with E-state index < -0.39 is 5.91 Å². The minimum Gasteiger partial charge on any atom is -0.340 e. The van der Waals surface area contributed by atoms with Gasteiger partial charge in [0.05, 0.1) is 17.2 Å². The van der Waals surface area contributed by atoms with Crippen LogP contribution in [0.25, 0.3) is 17.1 Å². The van der Waals surface area contributed by atoms with Crippen LogP contribution >= 0.6 is 0 Å². The molecule has 0 radical (unpaired) electrons. The van der Waals surface area contributed by atoms with Crippen LogP contribution in [0.4, 0.5) is 0 Å². The number of hydrogen-bond donors (Lipinski definition) is 3. The molecule has 0 spiro atoms. The van der Waals surface area contributed by atoms with Crippen LogP contribution in [0, 0.1) is 12.8 Å². The second-order valence-corrected chi connectivity index (χ2v) is 6.26. The Morgan fingerprint density at radius 3 is 2.92 bits per heavy atom. The summed E-state index contributed by atoms with van der Waals surface area (Å²) in [4.78, 5) is 19.1. The van der Waals surface area contributed by atoms with Gasteiger partial charge < -0.3 is 4.98 Å². The Labute approximate surface area is 144 Å². The molecule has 3 aromatic rings. The van der Waals surface area contributed by atoms with E-state index in [9.17, 15) is 4.79 Å². The summed E-state index contributed by atoms with van der Waals surface area (Å²) in [6, 6.07) is 5.97. The molecule has 8 heteroatoms. The van der Waals surface area contributed by atoms with Gasteiger partial charge in [-0.25, -0.2) is 15.1 Å². The third kappa shape index (κ3) is 3.58. The molecule has 0 saturated carbocycles. The molecule has 1 unspecified atom stereocenters. The van der Waals surface area contributed by atoms with E-state index in [-0.39, 0.29) is 12.0 Å². The number of hydrogen-bond acceptors (Lipinski definition) is 5. The van der Waals surface area contributed by atoms with E-state index in [2.05, 4.69) is 40.2 Å². The van der Waals surface area contributed by atoms with Crippen molar-refractivity contribution in [3.05, 3.63) is 47.6 Å². The molecule has 1 atom stereocenters. The van der Waals surface area contributed by atoms with Crippen molar-refractivity contribution < 1.29 is 10.0 Å². The van der Waals surface area contributed by atoms with Crippen molar-refractivity contribution in [1.82, 2.24) is 30.4 Å². The van der Waals surface area contributed by atoms with E-state index in [1.807, 2.05) is 19.1 Å². The minimum absolute atomic E-state index is 0.117. The lowest BCUT2D eigenvalue weighted by atomic mass is 10.0. The number of carbonyl (C=O) groups excluding carboxylic acids is 1. The molecule has 0 aliphatic carbocycles. The molecule has 0 aliphatic heterocycles. The standard InChI is InChI=1S/C17H20N6O2/c1-10(2)16(17-18-13-6-4-11(3)8-14(13)19-17)23-9-12(20-22-23)5-7-15(24)21-25/h4-10,16,25H,1-3H3,(H,18,19)(H,21,24). The lowest BCUT2D eigenvalue weighted by Crippen LogP contribution is -2.18. The zero-order valence-corrected chi connectivity index (χ0v) is 14.3. The van der Waals surface area contributed by atoms with Crippen molar-refractivity contribution >= 4 is 23.0 Å². The highest BCUT2D eigenvalue weighted by atomic mass is 16.5. The Morgan fingerprint density at radius 1 is 1.40 bits per heavy atom. The summed E-state index contributed by atoms with van der Waals surface area (Å²) in [5.41, 5.74) is 5.11. The number of amides is 1. The van der Waals surface area contributed by atoms with Crippen molar-refractivity contribution in [2.45, 2.75) is 26.8 Å². The van der Waals surface area contributed by atoms with E-state index in [1.165, 1.54) is 23.2 Å². The first-order chi connectivity index (χ1) is 12.0. The van der Waals surface area contributed by atoms with Gasteiger partial charge in [-0.05, 0) is 36.6 Å². The molecule has 130 valence electrons. The van der Waals surface area contributed by atoms with Gasteiger partial charge in [-0.3, -0.25) is 10.0 Å². The first-order valence-electron chi connectivity index (χ1n) is 7.98. The number of H-pyrrole nitrogens is 1. The van der Waals surface area contributed by atoms with Crippen LogP contribution in [0.2, 0.25) is 0 Å². The molecule has 1 amide bonds. The molecule has 3 N–H and O–H groups in total. The molecule has 0 aliphatic rings. The second-order valence-electron chi connectivity index (χ2n) is 6.26. The number of benzene rings is 1. The second kappa shape index (κ2) is 6.86. The van der Waals surface area contributed by atoms with Gasteiger partial charge in [0.15, 0.2) is 0 Å². The van der Waals surface area contributed by atoms with Crippen LogP contribution < -0.4 is 5.48 Å². The van der Waals surface area contributed by atoms with Crippen LogP contribution in [-0.2, 0) is 4.79 Å². The molecule has 0 fully saturated rings. The first kappa shape index (κ1) is 16.8. The number of aromatic nitrogens is 5. The summed E-state index contributed by atoms with van der Waals surface area (Å²) in [7, 11) is 0. The fourth-order valence-electron chi connectivity index (χ4n) is 2.73. The van der Waals surface area contributed by atoms with E-state index in [1.54, 1.807) is 10.9 Å². The summed E-state index contributed by atoms with van der Waals surface area (Å²) < 4.78 is 1.73. The Balaban J connectivity index is 1.94. The SMILES string of the molecule is Cc1ccc2nc(C(C(C)C)n3cc(C=CC(=O)NO)nn3)[nH]c2c1. The quantitative estimate of drug-likeness (QED) is 0.375. The highest BCUT2D eigenvalue weighted by Crippen LogP contribution is 2.26. The molecule has 0 bridgehead atoms. The zero-order chi connectivity index (χ0) is 18.0. The molecule has 1 aromatic carbocycles. The third-order valence-corrected chi connectivity index (χ3v) is 3.90. The highest BCUT2D eigenvalue weighted by molar-refractivity contribution is 5.90. The Hall–Kier alpha value is -3.00. The molecule has 0 saturated heterocycles. The fraction of sp³-hybridized carbons (Fsp3) is 0.294. The average molecular weight is 340 g/mol. The van der Waals surface area contributed by atoms with E-state index >= 15 is 0 Å². The maximum absolute atomic E-state index is 11.1. The normalized spacial score (nSPS) is 13.0. The predicted molar refractivity (Wildman–Crippen MR) is 92.8 cm³/mol. The lowest BCUT2D eigenvalue weighted by Gasteiger charge is -2.18. The van der Waals surface area contributed by atoms with Crippen molar-refractivity contribution in [1.29, 1.82) is 0 Å². The molecule has 3 rings (SSSR count). The third-order valence-electron chi connectivity index (χ3n) is 3.90. The Bertz CT molecular complexity index is 924. The number of carbonyl (C=O) groups is 1. The van der Waals surface area contributed by atoms with Crippen molar-refractivity contribution in [3.63, 3.8) is 0 Å². The van der Waals surface area contributed by atoms with Crippen LogP contribution in [0.5, 0.6) is 0 Å². The smallest absolute Gasteiger partial charge is 0.267 e. The highest BCUT2D eigenvalue weighted by Gasteiger charge is 2.23. The number of nitrogens with zero attached hydrogens (tertiary/aromatic N) is 4. The summed E-state index contributed by atoms with van der Waals surface area (Å²) in [5.74, 6) is 0.410. The summed E-state index contributed by atoms with van der Waals surface area (Å²) in [5, 5.41) is 16.7. The van der Waals surface area contributed by atoms with Crippen molar-refractivity contribution in [2.75, 3.05) is 0 Å². The maximum atomic E-state index is 11.1. The molecular weight excluding hydrogens is 320 g/mol. The van der Waals surface area contributed by atoms with E-state index in [0.717, 1.165) is 16.9 Å². The van der Waals surface area contributed by atoms with E-state index in [4.69, 9.17) is 5.21 Å². The van der Waals surface area contributed by atoms with Gasteiger partial charge in [0.25, 0.3) is 5.91 Å². The van der Waals surface area contributed by atoms with Crippen LogP contribution in [0.1, 0.15) is 37.0 Å². The van der Waals surface area contributed by atoms with Gasteiger partial charge >= 0.3 is 0 Å². The molecule has 8 nitrogen and oxygen atoms in total. The first-order valence-corrected chi connectivity index (χ1v) is 7.98. The zero-order valence-electron chi connectivity index (χ0n) is 14.3. The number of aromatic amines is 1. The Morgan fingerprint density at radius 2 is 2.20 bits per heavy atom. The molecular formula is C17H20N6O2. The summed E-state index contributed by atoms with van der Waals surface area (Å²) in [6.07, 6.45) is 4.40. The van der Waals surface area contributed by atoms with Gasteiger partial charge in [0.2, 0.25) is 0 Å². The van der Waals surface area contributed by atoms with Gasteiger partial charge in [-0.2, -0.15) is 0 Å². The summed E-state index contributed by atoms with van der Waals surface area (Å²) >= 11 is 0. The summed E-state index contributed by atoms with van der Waals surface area (Å²) in [6.45, 7) is 6.21. The lowest BCUT2D eigenvalue weighted by molar-refractivity contribution is -0.124.